The van der Waals surface area contributed by atoms with Crippen LogP contribution in [0.1, 0.15) is 44.7 Å². The molecule has 2 aromatic carbocycles. The van der Waals surface area contributed by atoms with Crippen molar-refractivity contribution in [2.75, 3.05) is 6.54 Å². The zero-order valence-corrected chi connectivity index (χ0v) is 19.3. The van der Waals surface area contributed by atoms with E-state index in [1.807, 2.05) is 51.1 Å². The highest BCUT2D eigenvalue weighted by atomic mass is 35.5. The van der Waals surface area contributed by atoms with Gasteiger partial charge in [-0.2, -0.15) is 0 Å². The molecule has 0 aromatic heterocycles. The second kappa shape index (κ2) is 12.0. The van der Waals surface area contributed by atoms with Gasteiger partial charge in [0.05, 0.1) is 0 Å². The molecule has 2 amide bonds. The summed E-state index contributed by atoms with van der Waals surface area (Å²) >= 11 is 12.7. The van der Waals surface area contributed by atoms with Crippen LogP contribution in [-0.2, 0) is 22.6 Å². The number of amides is 2. The lowest BCUT2D eigenvalue weighted by atomic mass is 10.1. The zero-order valence-electron chi connectivity index (χ0n) is 17.8. The normalized spacial score (nSPS) is 11.9. The van der Waals surface area contributed by atoms with Crippen LogP contribution >= 0.6 is 23.2 Å². The number of benzene rings is 2. The van der Waals surface area contributed by atoms with Crippen molar-refractivity contribution in [3.05, 3.63) is 69.7 Å². The summed E-state index contributed by atoms with van der Waals surface area (Å²) in [7, 11) is 0. The van der Waals surface area contributed by atoms with E-state index >= 15 is 0 Å². The van der Waals surface area contributed by atoms with Gasteiger partial charge in [0.1, 0.15) is 6.04 Å². The molecule has 2 rings (SSSR count). The van der Waals surface area contributed by atoms with Crippen LogP contribution in [0, 0.1) is 5.92 Å². The molecule has 1 atom stereocenters. The van der Waals surface area contributed by atoms with Crippen molar-refractivity contribution in [1.29, 1.82) is 0 Å². The highest BCUT2D eigenvalue weighted by Gasteiger charge is 2.29. The minimum absolute atomic E-state index is 0.0959. The topological polar surface area (TPSA) is 49.4 Å². The van der Waals surface area contributed by atoms with Gasteiger partial charge in [-0.15, -0.1) is 0 Å². The van der Waals surface area contributed by atoms with Gasteiger partial charge in [0.25, 0.3) is 0 Å². The molecule has 6 heteroatoms. The summed E-state index contributed by atoms with van der Waals surface area (Å²) in [5.41, 5.74) is 1.74. The number of carbonyl (C=O) groups excluding carboxylic acids is 2. The molecule has 0 heterocycles. The Hall–Kier alpha value is -2.04. The molecule has 30 heavy (non-hydrogen) atoms. The fourth-order valence-corrected chi connectivity index (χ4v) is 3.75. The van der Waals surface area contributed by atoms with Gasteiger partial charge in [-0.1, -0.05) is 80.4 Å². The summed E-state index contributed by atoms with van der Waals surface area (Å²) in [6.45, 7) is 6.74. The van der Waals surface area contributed by atoms with E-state index in [0.717, 1.165) is 5.56 Å². The molecule has 0 aliphatic carbocycles. The first-order valence-electron chi connectivity index (χ1n) is 10.4. The second-order valence-electron chi connectivity index (χ2n) is 7.77. The number of rotatable bonds is 10. The third-order valence-corrected chi connectivity index (χ3v) is 5.64. The lowest BCUT2D eigenvalue weighted by molar-refractivity contribution is -0.141. The molecule has 0 radical (unpaired) electrons. The van der Waals surface area contributed by atoms with Crippen molar-refractivity contribution in [3.63, 3.8) is 0 Å². The van der Waals surface area contributed by atoms with Crippen molar-refractivity contribution in [2.45, 2.75) is 52.6 Å². The SMILES string of the molecule is CC[C@H](C(=O)NCC(C)C)N(Cc1c(Cl)cccc1Cl)C(=O)CCc1ccccc1. The summed E-state index contributed by atoms with van der Waals surface area (Å²) in [6.07, 6.45) is 1.42. The number of nitrogens with zero attached hydrogens (tertiary/aromatic N) is 1. The molecule has 0 fully saturated rings. The molecular formula is C24H30Cl2N2O2. The third-order valence-electron chi connectivity index (χ3n) is 4.93. The van der Waals surface area contributed by atoms with Crippen molar-refractivity contribution >= 4 is 35.0 Å². The smallest absolute Gasteiger partial charge is 0.242 e. The third kappa shape index (κ3) is 7.03. The molecule has 0 aliphatic rings. The van der Waals surface area contributed by atoms with Gasteiger partial charge in [-0.05, 0) is 36.5 Å². The average molecular weight is 449 g/mol. The molecule has 1 N–H and O–H groups in total. The molecule has 0 saturated carbocycles. The van der Waals surface area contributed by atoms with Crippen molar-refractivity contribution in [1.82, 2.24) is 10.2 Å². The van der Waals surface area contributed by atoms with Gasteiger partial charge < -0.3 is 10.2 Å². The van der Waals surface area contributed by atoms with Gasteiger partial charge >= 0.3 is 0 Å². The minimum Gasteiger partial charge on any atom is -0.354 e. The van der Waals surface area contributed by atoms with Crippen molar-refractivity contribution in [2.24, 2.45) is 5.92 Å². The minimum atomic E-state index is -0.584. The molecule has 4 nitrogen and oxygen atoms in total. The van der Waals surface area contributed by atoms with E-state index < -0.39 is 6.04 Å². The van der Waals surface area contributed by atoms with Gasteiger partial charge in [0, 0.05) is 35.1 Å². The van der Waals surface area contributed by atoms with Gasteiger partial charge in [-0.3, -0.25) is 9.59 Å². The Labute approximate surface area is 189 Å². The van der Waals surface area contributed by atoms with E-state index in [9.17, 15) is 9.59 Å². The Bertz CT molecular complexity index is 820. The number of hydrogen-bond acceptors (Lipinski definition) is 2. The largest absolute Gasteiger partial charge is 0.354 e. The van der Waals surface area contributed by atoms with Gasteiger partial charge in [0.15, 0.2) is 0 Å². The monoisotopic (exact) mass is 448 g/mol. The molecule has 0 aliphatic heterocycles. The highest BCUT2D eigenvalue weighted by Crippen LogP contribution is 2.27. The van der Waals surface area contributed by atoms with Crippen molar-refractivity contribution in [3.8, 4) is 0 Å². The van der Waals surface area contributed by atoms with Crippen LogP contribution in [0.4, 0.5) is 0 Å². The summed E-state index contributed by atoms with van der Waals surface area (Å²) in [5, 5.41) is 3.93. The van der Waals surface area contributed by atoms with Gasteiger partial charge in [-0.25, -0.2) is 0 Å². The lowest BCUT2D eigenvalue weighted by Gasteiger charge is -2.31. The Kier molecular flexibility index (Phi) is 9.67. The molecule has 2 aromatic rings. The second-order valence-corrected chi connectivity index (χ2v) is 8.58. The number of halogens is 2. The van der Waals surface area contributed by atoms with Crippen LogP contribution in [0.5, 0.6) is 0 Å². The van der Waals surface area contributed by atoms with Crippen molar-refractivity contribution < 1.29 is 9.59 Å². The number of nitrogens with one attached hydrogen (secondary N) is 1. The van der Waals surface area contributed by atoms with E-state index in [4.69, 9.17) is 23.2 Å². The fraction of sp³-hybridized carbons (Fsp3) is 0.417. The zero-order chi connectivity index (χ0) is 22.1. The molecule has 162 valence electrons. The highest BCUT2D eigenvalue weighted by molar-refractivity contribution is 6.36. The van der Waals surface area contributed by atoms with E-state index in [1.54, 1.807) is 23.1 Å². The van der Waals surface area contributed by atoms with Gasteiger partial charge in [0.2, 0.25) is 11.8 Å². The summed E-state index contributed by atoms with van der Waals surface area (Å²) in [4.78, 5) is 27.8. The van der Waals surface area contributed by atoms with Crippen LogP contribution in [-0.4, -0.2) is 29.3 Å². The number of carbonyl (C=O) groups is 2. The number of hydrogen-bond donors (Lipinski definition) is 1. The summed E-state index contributed by atoms with van der Waals surface area (Å²) < 4.78 is 0. The average Bonchev–Trinajstić information content (AvgIpc) is 2.73. The standard InChI is InChI=1S/C24H30Cl2N2O2/c1-4-22(24(30)27-15-17(2)3)28(16-19-20(25)11-8-12-21(19)26)23(29)14-13-18-9-6-5-7-10-18/h5-12,17,22H,4,13-16H2,1-3H3,(H,27,30)/t22-/m1/s1. The maximum absolute atomic E-state index is 13.2. The van der Waals surface area contributed by atoms with Crippen LogP contribution < -0.4 is 5.32 Å². The lowest BCUT2D eigenvalue weighted by Crippen LogP contribution is -2.49. The first-order valence-corrected chi connectivity index (χ1v) is 11.1. The van der Waals surface area contributed by atoms with E-state index in [1.165, 1.54) is 0 Å². The van der Waals surface area contributed by atoms with Crippen LogP contribution in [0.2, 0.25) is 10.0 Å². The Morgan fingerprint density at radius 2 is 1.63 bits per heavy atom. The van der Waals surface area contributed by atoms with Crippen LogP contribution in [0.15, 0.2) is 48.5 Å². The molecule has 0 saturated heterocycles. The maximum Gasteiger partial charge on any atom is 0.242 e. The van der Waals surface area contributed by atoms with E-state index in [-0.39, 0.29) is 18.4 Å². The Morgan fingerprint density at radius 1 is 1.00 bits per heavy atom. The maximum atomic E-state index is 13.2. The first kappa shape index (κ1) is 24.2. The molecule has 0 bridgehead atoms. The van der Waals surface area contributed by atoms with Crippen LogP contribution in [0.3, 0.4) is 0 Å². The first-order chi connectivity index (χ1) is 14.3. The van der Waals surface area contributed by atoms with Crippen LogP contribution in [0.25, 0.3) is 0 Å². The van der Waals surface area contributed by atoms with E-state index in [0.29, 0.717) is 47.3 Å². The molecule has 0 unspecified atom stereocenters. The quantitative estimate of drug-likeness (QED) is 0.520. The van der Waals surface area contributed by atoms with E-state index in [2.05, 4.69) is 5.32 Å². The fourth-order valence-electron chi connectivity index (χ4n) is 3.24. The molecule has 0 spiro atoms. The Morgan fingerprint density at radius 3 is 2.20 bits per heavy atom. The number of aryl methyl sites for hydroxylation is 1. The summed E-state index contributed by atoms with van der Waals surface area (Å²) in [6, 6.07) is 14.5. The molecular weight excluding hydrogens is 419 g/mol. The Balaban J connectivity index is 2.25. The predicted octanol–water partition coefficient (Wildman–Crippen LogP) is 5.51. The summed E-state index contributed by atoms with van der Waals surface area (Å²) in [5.74, 6) is 0.0792. The predicted molar refractivity (Wildman–Crippen MR) is 124 cm³/mol.